The topological polar surface area (TPSA) is 62.4 Å². The molecule has 6 heteroatoms. The van der Waals surface area contributed by atoms with E-state index in [9.17, 15) is 9.50 Å². The van der Waals surface area contributed by atoms with Gasteiger partial charge < -0.3 is 14.5 Å². The minimum atomic E-state index is -0.669. The summed E-state index contributed by atoms with van der Waals surface area (Å²) in [5, 5.41) is 14.1. The number of aryl methyl sites for hydroxylation is 1. The summed E-state index contributed by atoms with van der Waals surface area (Å²) in [7, 11) is 0. The normalized spacial score (nSPS) is 18.5. The first-order valence-corrected chi connectivity index (χ1v) is 7.58. The van der Waals surface area contributed by atoms with Crippen molar-refractivity contribution in [1.29, 1.82) is 0 Å². The molecule has 0 spiro atoms. The molecule has 1 N–H and O–H groups in total. The van der Waals surface area contributed by atoms with Gasteiger partial charge >= 0.3 is 0 Å². The predicted octanol–water partition coefficient (Wildman–Crippen LogP) is 2.43. The largest absolute Gasteiger partial charge is 0.387 e. The lowest BCUT2D eigenvalue weighted by molar-refractivity contribution is 0.0939. The van der Waals surface area contributed by atoms with E-state index in [4.69, 9.17) is 4.52 Å². The fourth-order valence-corrected chi connectivity index (χ4v) is 2.91. The van der Waals surface area contributed by atoms with Gasteiger partial charge in [-0.2, -0.15) is 4.98 Å². The van der Waals surface area contributed by atoms with E-state index in [1.54, 1.807) is 12.1 Å². The highest BCUT2D eigenvalue weighted by atomic mass is 19.1. The fraction of sp³-hybridized carbons (Fsp3) is 0.500. The van der Waals surface area contributed by atoms with E-state index in [1.807, 2.05) is 6.92 Å². The number of rotatable bonds is 4. The zero-order valence-corrected chi connectivity index (χ0v) is 12.6. The van der Waals surface area contributed by atoms with Gasteiger partial charge in [-0.25, -0.2) is 4.39 Å². The quantitative estimate of drug-likeness (QED) is 0.940. The first kappa shape index (κ1) is 15.1. The lowest BCUT2D eigenvalue weighted by Crippen LogP contribution is -2.36. The number of nitrogens with zero attached hydrogens (tertiary/aromatic N) is 3. The van der Waals surface area contributed by atoms with Crippen molar-refractivity contribution in [2.45, 2.75) is 31.8 Å². The van der Waals surface area contributed by atoms with Crippen molar-refractivity contribution < 1.29 is 14.0 Å². The Labute approximate surface area is 128 Å². The van der Waals surface area contributed by atoms with Crippen LogP contribution in [0.5, 0.6) is 0 Å². The molecule has 1 aliphatic rings. The van der Waals surface area contributed by atoms with Crippen LogP contribution in [0, 0.1) is 12.7 Å². The Kier molecular flexibility index (Phi) is 4.49. The minimum Gasteiger partial charge on any atom is -0.387 e. The van der Waals surface area contributed by atoms with Crippen LogP contribution in [-0.4, -0.2) is 39.8 Å². The molecule has 0 aliphatic carbocycles. The van der Waals surface area contributed by atoms with Crippen LogP contribution >= 0.6 is 0 Å². The molecule has 1 saturated heterocycles. The summed E-state index contributed by atoms with van der Waals surface area (Å²) in [4.78, 5) is 6.48. The molecule has 0 unspecified atom stereocenters. The molecule has 1 aromatic heterocycles. The summed E-state index contributed by atoms with van der Waals surface area (Å²) in [5.74, 6) is 1.35. The lowest BCUT2D eigenvalue weighted by Gasteiger charge is -2.31. The minimum absolute atomic E-state index is 0.295. The Bertz CT molecular complexity index is 623. The third-order valence-electron chi connectivity index (χ3n) is 4.14. The number of likely N-dealkylation sites (tertiary alicyclic amines) is 1. The van der Waals surface area contributed by atoms with Crippen LogP contribution in [0.2, 0.25) is 0 Å². The highest BCUT2D eigenvalue weighted by Crippen LogP contribution is 2.27. The van der Waals surface area contributed by atoms with Gasteiger partial charge in [-0.1, -0.05) is 17.3 Å². The molecule has 1 aliphatic heterocycles. The summed E-state index contributed by atoms with van der Waals surface area (Å²) in [5.41, 5.74) is 0.620. The molecule has 0 bridgehead atoms. The van der Waals surface area contributed by atoms with E-state index in [-0.39, 0.29) is 5.82 Å². The number of piperidine rings is 1. The molecular weight excluding hydrogens is 285 g/mol. The van der Waals surface area contributed by atoms with Crippen LogP contribution in [0.3, 0.4) is 0 Å². The number of aromatic nitrogens is 2. The number of aliphatic hydroxyl groups is 1. The van der Waals surface area contributed by atoms with E-state index >= 15 is 0 Å². The summed E-state index contributed by atoms with van der Waals surface area (Å²) in [6, 6.07) is 6.15. The van der Waals surface area contributed by atoms with Gasteiger partial charge in [-0.15, -0.1) is 0 Å². The maximum absolute atomic E-state index is 13.2. The highest BCUT2D eigenvalue weighted by Gasteiger charge is 2.26. The van der Waals surface area contributed by atoms with Crippen LogP contribution < -0.4 is 0 Å². The average Bonchev–Trinajstić information content (AvgIpc) is 2.94. The van der Waals surface area contributed by atoms with E-state index in [0.717, 1.165) is 25.9 Å². The smallest absolute Gasteiger partial charge is 0.229 e. The number of hydrogen-bond donors (Lipinski definition) is 1. The molecule has 2 heterocycles. The molecule has 22 heavy (non-hydrogen) atoms. The van der Waals surface area contributed by atoms with Gasteiger partial charge in [0.2, 0.25) is 5.89 Å². The molecule has 1 atom stereocenters. The molecule has 1 fully saturated rings. The number of hydrogen-bond acceptors (Lipinski definition) is 5. The Morgan fingerprint density at radius 2 is 2.18 bits per heavy atom. The molecule has 5 nitrogen and oxygen atoms in total. The van der Waals surface area contributed by atoms with Gasteiger partial charge in [0, 0.05) is 12.5 Å². The maximum atomic E-state index is 13.2. The van der Waals surface area contributed by atoms with Crippen LogP contribution in [0.1, 0.15) is 42.1 Å². The second-order valence-electron chi connectivity index (χ2n) is 5.83. The predicted molar refractivity (Wildman–Crippen MR) is 78.8 cm³/mol. The molecule has 1 aromatic carbocycles. The third-order valence-corrected chi connectivity index (χ3v) is 4.14. The number of aliphatic hydroxyl groups excluding tert-OH is 1. The Balaban J connectivity index is 1.53. The van der Waals surface area contributed by atoms with Crippen molar-refractivity contribution in [2.75, 3.05) is 19.6 Å². The number of halogens is 1. The summed E-state index contributed by atoms with van der Waals surface area (Å²) >= 11 is 0. The van der Waals surface area contributed by atoms with E-state index in [2.05, 4.69) is 15.0 Å². The van der Waals surface area contributed by atoms with Crippen LogP contribution in [-0.2, 0) is 0 Å². The lowest BCUT2D eigenvalue weighted by atomic mass is 9.96. The Hall–Kier alpha value is -1.79. The van der Waals surface area contributed by atoms with Crippen LogP contribution in [0.15, 0.2) is 28.8 Å². The molecule has 0 saturated carbocycles. The first-order chi connectivity index (χ1) is 10.6. The van der Waals surface area contributed by atoms with Crippen molar-refractivity contribution in [1.82, 2.24) is 15.0 Å². The SMILES string of the molecule is Cc1noc(C2CCN(C[C@H](O)c3cccc(F)c3)CC2)n1. The summed E-state index contributed by atoms with van der Waals surface area (Å²) in [6.07, 6.45) is 1.19. The maximum Gasteiger partial charge on any atom is 0.229 e. The van der Waals surface area contributed by atoms with Crippen molar-refractivity contribution in [3.8, 4) is 0 Å². The van der Waals surface area contributed by atoms with Crippen molar-refractivity contribution in [3.63, 3.8) is 0 Å². The standard InChI is InChI=1S/C16H20FN3O2/c1-11-18-16(22-19-11)12-5-7-20(8-6-12)10-15(21)13-3-2-4-14(17)9-13/h2-4,9,12,15,21H,5-8,10H2,1H3/t15-/m0/s1. The molecule has 2 aromatic rings. The summed E-state index contributed by atoms with van der Waals surface area (Å²) in [6.45, 7) is 4.05. The number of β-amino-alcohol motifs (C(OH)–C–C–N with tert-alkyl or cyclic N) is 1. The van der Waals surface area contributed by atoms with Crippen LogP contribution in [0.25, 0.3) is 0 Å². The van der Waals surface area contributed by atoms with E-state index in [0.29, 0.717) is 29.7 Å². The highest BCUT2D eigenvalue weighted by molar-refractivity contribution is 5.19. The Morgan fingerprint density at radius 1 is 1.41 bits per heavy atom. The van der Waals surface area contributed by atoms with Gasteiger partial charge in [0.15, 0.2) is 5.82 Å². The summed E-state index contributed by atoms with van der Waals surface area (Å²) < 4.78 is 18.4. The molecule has 0 radical (unpaired) electrons. The monoisotopic (exact) mass is 305 g/mol. The van der Waals surface area contributed by atoms with Crippen LogP contribution in [0.4, 0.5) is 4.39 Å². The van der Waals surface area contributed by atoms with Crippen molar-refractivity contribution in [2.24, 2.45) is 0 Å². The van der Waals surface area contributed by atoms with E-state index in [1.165, 1.54) is 12.1 Å². The molecule has 3 rings (SSSR count). The van der Waals surface area contributed by atoms with Crippen molar-refractivity contribution in [3.05, 3.63) is 47.4 Å². The average molecular weight is 305 g/mol. The second-order valence-corrected chi connectivity index (χ2v) is 5.83. The van der Waals surface area contributed by atoms with Gasteiger partial charge in [0.05, 0.1) is 6.10 Å². The zero-order chi connectivity index (χ0) is 15.5. The Morgan fingerprint density at radius 3 is 2.82 bits per heavy atom. The fourth-order valence-electron chi connectivity index (χ4n) is 2.91. The molecule has 0 amide bonds. The zero-order valence-electron chi connectivity index (χ0n) is 12.6. The van der Waals surface area contributed by atoms with Gasteiger partial charge in [0.25, 0.3) is 0 Å². The number of benzene rings is 1. The third kappa shape index (κ3) is 3.51. The van der Waals surface area contributed by atoms with E-state index < -0.39 is 6.10 Å². The van der Waals surface area contributed by atoms with Gasteiger partial charge in [0.1, 0.15) is 5.82 Å². The van der Waals surface area contributed by atoms with Gasteiger partial charge in [-0.3, -0.25) is 0 Å². The molecular formula is C16H20FN3O2. The molecule has 118 valence electrons. The first-order valence-electron chi connectivity index (χ1n) is 7.58. The van der Waals surface area contributed by atoms with Crippen molar-refractivity contribution >= 4 is 0 Å². The second kappa shape index (κ2) is 6.54. The van der Waals surface area contributed by atoms with Gasteiger partial charge in [-0.05, 0) is 50.6 Å².